The van der Waals surface area contributed by atoms with Gasteiger partial charge in [0.2, 0.25) is 0 Å². The van der Waals surface area contributed by atoms with Crippen molar-refractivity contribution >= 4 is 17.9 Å². The molecule has 0 radical (unpaired) electrons. The molecule has 0 aliphatic heterocycles. The lowest BCUT2D eigenvalue weighted by molar-refractivity contribution is -0.385. The number of hydrogen-bond acceptors (Lipinski definition) is 6. The van der Waals surface area contributed by atoms with Crippen molar-refractivity contribution in [3.05, 3.63) is 40.0 Å². The first-order valence-electron chi connectivity index (χ1n) is 5.33. The molecule has 0 aliphatic carbocycles. The van der Waals surface area contributed by atoms with Gasteiger partial charge in [-0.3, -0.25) is 14.9 Å². The number of aldehydes is 1. The van der Waals surface area contributed by atoms with Crippen LogP contribution >= 0.6 is 0 Å². The maximum atomic E-state index is 10.8. The van der Waals surface area contributed by atoms with Crippen LogP contribution in [-0.4, -0.2) is 36.0 Å². The summed E-state index contributed by atoms with van der Waals surface area (Å²) in [5.41, 5.74) is -0.557. The van der Waals surface area contributed by atoms with Crippen LogP contribution in [0.3, 0.4) is 0 Å². The van der Waals surface area contributed by atoms with Crippen LogP contribution in [0.2, 0.25) is 0 Å². The van der Waals surface area contributed by atoms with E-state index in [1.54, 1.807) is 0 Å². The second-order valence-electron chi connectivity index (χ2n) is 3.49. The van der Waals surface area contributed by atoms with E-state index < -0.39 is 16.6 Å². The molecule has 1 aromatic rings. The molecule has 0 saturated heterocycles. The van der Waals surface area contributed by atoms with Crippen LogP contribution in [-0.2, 0) is 4.79 Å². The summed E-state index contributed by atoms with van der Waals surface area (Å²) in [5.74, 6) is -0.955. The number of carbonyl (C=O) groups excluding carboxylic acids is 1. The second kappa shape index (κ2) is 6.88. The van der Waals surface area contributed by atoms with Crippen molar-refractivity contribution in [3.63, 3.8) is 0 Å². The predicted octanol–water partition coefficient (Wildman–Crippen LogP) is 1.44. The number of carbonyl (C=O) groups is 2. The van der Waals surface area contributed by atoms with Crippen LogP contribution in [0.15, 0.2) is 24.3 Å². The van der Waals surface area contributed by atoms with Crippen LogP contribution < -0.4 is 9.47 Å². The number of carboxylic acid groups (broad SMARTS) is 1. The van der Waals surface area contributed by atoms with Crippen LogP contribution in [0, 0.1) is 10.1 Å². The molecule has 0 atom stereocenters. The van der Waals surface area contributed by atoms with Crippen molar-refractivity contribution in [3.8, 4) is 11.5 Å². The summed E-state index contributed by atoms with van der Waals surface area (Å²) in [5, 5.41) is 19.2. The molecular formula is C12H11NO7. The van der Waals surface area contributed by atoms with Crippen LogP contribution in [0.4, 0.5) is 5.69 Å². The number of carboxylic acids is 1. The average Bonchev–Trinajstić information content (AvgIpc) is 2.42. The third-order valence-electron chi connectivity index (χ3n) is 2.23. The van der Waals surface area contributed by atoms with E-state index in [2.05, 4.69) is 0 Å². The van der Waals surface area contributed by atoms with Gasteiger partial charge in [0, 0.05) is 12.1 Å². The highest BCUT2D eigenvalue weighted by atomic mass is 16.6. The molecule has 0 spiro atoms. The van der Waals surface area contributed by atoms with Crippen LogP contribution in [0.25, 0.3) is 0 Å². The zero-order valence-electron chi connectivity index (χ0n) is 10.4. The van der Waals surface area contributed by atoms with E-state index in [0.717, 1.165) is 12.1 Å². The summed E-state index contributed by atoms with van der Waals surface area (Å²) in [7, 11) is 1.32. The minimum absolute atomic E-state index is 0.0415. The molecule has 8 heteroatoms. The maximum Gasteiger partial charge on any atom is 0.328 e. The molecular weight excluding hydrogens is 270 g/mol. The lowest BCUT2D eigenvalue weighted by Gasteiger charge is -2.09. The first-order valence-corrected chi connectivity index (χ1v) is 5.33. The van der Waals surface area contributed by atoms with Crippen molar-refractivity contribution in [1.82, 2.24) is 0 Å². The molecule has 0 saturated carbocycles. The van der Waals surface area contributed by atoms with Gasteiger partial charge in [-0.25, -0.2) is 4.79 Å². The molecule has 1 aromatic carbocycles. The molecule has 20 heavy (non-hydrogen) atoms. The van der Waals surface area contributed by atoms with Crippen molar-refractivity contribution in [2.24, 2.45) is 0 Å². The van der Waals surface area contributed by atoms with Crippen molar-refractivity contribution in [2.45, 2.75) is 0 Å². The number of ether oxygens (including phenoxy) is 2. The van der Waals surface area contributed by atoms with Crippen molar-refractivity contribution < 1.29 is 29.1 Å². The fraction of sp³-hybridized carbons (Fsp3) is 0.167. The molecule has 0 bridgehead atoms. The second-order valence-corrected chi connectivity index (χ2v) is 3.49. The molecule has 0 unspecified atom stereocenters. The largest absolute Gasteiger partial charge is 0.493 e. The predicted molar refractivity (Wildman–Crippen MR) is 67.3 cm³/mol. The Bertz CT molecular complexity index is 565. The van der Waals surface area contributed by atoms with Gasteiger partial charge < -0.3 is 14.6 Å². The molecule has 8 nitrogen and oxygen atoms in total. The highest BCUT2D eigenvalue weighted by Gasteiger charge is 2.19. The summed E-state index contributed by atoms with van der Waals surface area (Å²) in [6.45, 7) is -0.111. The van der Waals surface area contributed by atoms with Gasteiger partial charge in [-0.1, -0.05) is 0 Å². The minimum Gasteiger partial charge on any atom is -0.493 e. The molecule has 0 aromatic heterocycles. The zero-order chi connectivity index (χ0) is 15.1. The SMILES string of the molecule is COc1cc(C=O)c([N+](=O)[O-])cc1OCC=CC(=O)O. The van der Waals surface area contributed by atoms with Crippen molar-refractivity contribution in [1.29, 1.82) is 0 Å². The molecule has 0 fully saturated rings. The summed E-state index contributed by atoms with van der Waals surface area (Å²) in [4.78, 5) is 31.1. The molecule has 1 N–H and O–H groups in total. The number of nitro groups is 1. The van der Waals surface area contributed by atoms with Gasteiger partial charge in [0.1, 0.15) is 6.61 Å². The van der Waals surface area contributed by atoms with E-state index in [1.807, 2.05) is 0 Å². The lowest BCUT2D eigenvalue weighted by atomic mass is 10.1. The Balaban J connectivity index is 3.04. The number of rotatable bonds is 7. The fourth-order valence-electron chi connectivity index (χ4n) is 1.38. The summed E-state index contributed by atoms with van der Waals surface area (Å²) in [6, 6.07) is 2.23. The monoisotopic (exact) mass is 281 g/mol. The Morgan fingerprint density at radius 1 is 1.45 bits per heavy atom. The molecule has 0 aliphatic rings. The summed E-state index contributed by atoms with van der Waals surface area (Å²) in [6.07, 6.45) is 2.44. The first kappa shape index (κ1) is 15.2. The standard InChI is InChI=1S/C12H11NO7/c1-19-10-5-8(7-14)9(13(17)18)6-11(10)20-4-2-3-12(15)16/h2-3,5-7H,4H2,1H3,(H,15,16). The third-order valence-corrected chi connectivity index (χ3v) is 2.23. The Morgan fingerprint density at radius 2 is 2.15 bits per heavy atom. The number of nitro benzene ring substituents is 1. The van der Waals surface area contributed by atoms with E-state index in [1.165, 1.54) is 19.3 Å². The van der Waals surface area contributed by atoms with E-state index >= 15 is 0 Å². The van der Waals surface area contributed by atoms with Gasteiger partial charge in [0.15, 0.2) is 17.8 Å². The van der Waals surface area contributed by atoms with Gasteiger partial charge in [-0.15, -0.1) is 0 Å². The zero-order valence-corrected chi connectivity index (χ0v) is 10.4. The average molecular weight is 281 g/mol. The number of methoxy groups -OCH3 is 1. The normalized spacial score (nSPS) is 10.2. The molecule has 1 rings (SSSR count). The molecule has 0 amide bonds. The third kappa shape index (κ3) is 3.80. The highest BCUT2D eigenvalue weighted by Crippen LogP contribution is 2.33. The van der Waals surface area contributed by atoms with Gasteiger partial charge in [0.25, 0.3) is 5.69 Å². The fourth-order valence-corrected chi connectivity index (χ4v) is 1.38. The summed E-state index contributed by atoms with van der Waals surface area (Å²) < 4.78 is 10.1. The highest BCUT2D eigenvalue weighted by molar-refractivity contribution is 5.83. The quantitative estimate of drug-likeness (QED) is 0.348. The van der Waals surface area contributed by atoms with Crippen LogP contribution in [0.1, 0.15) is 10.4 Å². The Kier molecular flexibility index (Phi) is 5.21. The Hall–Kier alpha value is -2.90. The van der Waals surface area contributed by atoms with Crippen LogP contribution in [0.5, 0.6) is 11.5 Å². The number of benzene rings is 1. The van der Waals surface area contributed by atoms with E-state index in [9.17, 15) is 19.7 Å². The van der Waals surface area contributed by atoms with Crippen molar-refractivity contribution in [2.75, 3.05) is 13.7 Å². The van der Waals surface area contributed by atoms with Gasteiger partial charge in [0.05, 0.1) is 23.7 Å². The number of nitrogens with zero attached hydrogens (tertiary/aromatic N) is 1. The maximum absolute atomic E-state index is 10.8. The van der Waals surface area contributed by atoms with Gasteiger partial charge >= 0.3 is 5.97 Å². The Labute approximate surface area is 113 Å². The number of aliphatic carboxylic acids is 1. The van der Waals surface area contributed by atoms with E-state index in [-0.39, 0.29) is 23.7 Å². The van der Waals surface area contributed by atoms with E-state index in [0.29, 0.717) is 6.29 Å². The van der Waals surface area contributed by atoms with Gasteiger partial charge in [-0.2, -0.15) is 0 Å². The minimum atomic E-state index is -1.14. The Morgan fingerprint density at radius 3 is 2.65 bits per heavy atom. The first-order chi connectivity index (χ1) is 9.49. The topological polar surface area (TPSA) is 116 Å². The smallest absolute Gasteiger partial charge is 0.328 e. The van der Waals surface area contributed by atoms with E-state index in [4.69, 9.17) is 14.6 Å². The van der Waals surface area contributed by atoms with Gasteiger partial charge in [-0.05, 0) is 6.08 Å². The number of hydrogen-bond donors (Lipinski definition) is 1. The molecule has 106 valence electrons. The lowest BCUT2D eigenvalue weighted by Crippen LogP contribution is -2.01. The summed E-state index contributed by atoms with van der Waals surface area (Å²) >= 11 is 0. The molecule has 0 heterocycles.